The van der Waals surface area contributed by atoms with Gasteiger partial charge in [0.1, 0.15) is 5.75 Å². The molecule has 2 aliphatic heterocycles. The van der Waals surface area contributed by atoms with E-state index in [0.29, 0.717) is 18.8 Å². The van der Waals surface area contributed by atoms with Gasteiger partial charge in [0.05, 0.1) is 12.6 Å². The van der Waals surface area contributed by atoms with E-state index in [1.807, 2.05) is 31.2 Å². The van der Waals surface area contributed by atoms with Crippen molar-refractivity contribution in [3.8, 4) is 5.75 Å². The standard InChI is InChI=1S/C15H17N3O4/c1-10-4-2-3-5-12(10)22-9-14(20)17-7-11(8-17)18-13(19)6-16-15(18)21/h2-5,11H,6-9H2,1H3,(H,16,21). The minimum atomic E-state index is -0.377. The van der Waals surface area contributed by atoms with Crippen molar-refractivity contribution < 1.29 is 19.1 Å². The number of hydrogen-bond donors (Lipinski definition) is 1. The Kier molecular flexibility index (Phi) is 3.70. The van der Waals surface area contributed by atoms with Crippen LogP contribution in [0, 0.1) is 6.92 Å². The number of ether oxygens (including phenoxy) is 1. The van der Waals surface area contributed by atoms with Gasteiger partial charge >= 0.3 is 6.03 Å². The molecule has 0 aromatic heterocycles. The van der Waals surface area contributed by atoms with E-state index >= 15 is 0 Å². The highest BCUT2D eigenvalue weighted by molar-refractivity contribution is 6.02. The predicted molar refractivity (Wildman–Crippen MR) is 77.3 cm³/mol. The van der Waals surface area contributed by atoms with Crippen LogP contribution in [0.2, 0.25) is 0 Å². The molecule has 0 bridgehead atoms. The SMILES string of the molecule is Cc1ccccc1OCC(=O)N1CC(N2C(=O)CNC2=O)C1. The normalized spacial score (nSPS) is 18.2. The summed E-state index contributed by atoms with van der Waals surface area (Å²) in [4.78, 5) is 37.9. The molecule has 0 radical (unpaired) electrons. The highest BCUT2D eigenvalue weighted by Crippen LogP contribution is 2.19. The van der Waals surface area contributed by atoms with Gasteiger partial charge in [-0.25, -0.2) is 4.79 Å². The summed E-state index contributed by atoms with van der Waals surface area (Å²) in [7, 11) is 0. The van der Waals surface area contributed by atoms with E-state index in [0.717, 1.165) is 5.56 Å². The highest BCUT2D eigenvalue weighted by atomic mass is 16.5. The van der Waals surface area contributed by atoms with E-state index in [2.05, 4.69) is 5.32 Å². The van der Waals surface area contributed by atoms with Crippen LogP contribution in [0.3, 0.4) is 0 Å². The Morgan fingerprint density at radius 2 is 2.05 bits per heavy atom. The van der Waals surface area contributed by atoms with E-state index < -0.39 is 0 Å². The summed E-state index contributed by atoms with van der Waals surface area (Å²) in [6.45, 7) is 2.65. The van der Waals surface area contributed by atoms with Crippen LogP contribution in [-0.2, 0) is 9.59 Å². The third kappa shape index (κ3) is 2.61. The lowest BCUT2D eigenvalue weighted by Crippen LogP contribution is -2.63. The molecule has 2 heterocycles. The summed E-state index contributed by atoms with van der Waals surface area (Å²) in [5, 5.41) is 2.47. The molecule has 116 valence electrons. The summed E-state index contributed by atoms with van der Waals surface area (Å²) in [6, 6.07) is 6.88. The first-order valence-electron chi connectivity index (χ1n) is 7.12. The molecule has 1 aromatic carbocycles. The fraction of sp³-hybridized carbons (Fsp3) is 0.400. The first-order chi connectivity index (χ1) is 10.6. The van der Waals surface area contributed by atoms with Gasteiger partial charge in [0.2, 0.25) is 5.91 Å². The Balaban J connectivity index is 1.49. The van der Waals surface area contributed by atoms with Crippen molar-refractivity contribution in [3.05, 3.63) is 29.8 Å². The lowest BCUT2D eigenvalue weighted by molar-refractivity contribution is -0.143. The quantitative estimate of drug-likeness (QED) is 0.802. The van der Waals surface area contributed by atoms with Crippen molar-refractivity contribution in [2.45, 2.75) is 13.0 Å². The number of benzene rings is 1. The van der Waals surface area contributed by atoms with Crippen LogP contribution < -0.4 is 10.1 Å². The third-order valence-electron chi connectivity index (χ3n) is 3.90. The second-order valence-electron chi connectivity index (χ2n) is 5.43. The van der Waals surface area contributed by atoms with Gasteiger partial charge in [-0.05, 0) is 18.6 Å². The maximum absolute atomic E-state index is 12.0. The van der Waals surface area contributed by atoms with Crippen LogP contribution in [0.1, 0.15) is 5.56 Å². The number of hydrogen-bond acceptors (Lipinski definition) is 4. The molecule has 0 spiro atoms. The summed E-state index contributed by atoms with van der Waals surface area (Å²) >= 11 is 0. The van der Waals surface area contributed by atoms with Gasteiger partial charge in [-0.1, -0.05) is 18.2 Å². The molecule has 1 aromatic rings. The zero-order chi connectivity index (χ0) is 15.7. The number of aryl methyl sites for hydroxylation is 1. The molecule has 7 heteroatoms. The van der Waals surface area contributed by atoms with Crippen molar-refractivity contribution in [3.63, 3.8) is 0 Å². The van der Waals surface area contributed by atoms with Crippen LogP contribution >= 0.6 is 0 Å². The van der Waals surface area contributed by atoms with Crippen LogP contribution in [0.15, 0.2) is 24.3 Å². The minimum absolute atomic E-state index is 0.0413. The monoisotopic (exact) mass is 303 g/mol. The molecule has 0 unspecified atom stereocenters. The van der Waals surface area contributed by atoms with Crippen LogP contribution in [0.5, 0.6) is 5.75 Å². The number of rotatable bonds is 4. The maximum atomic E-state index is 12.0. The van der Waals surface area contributed by atoms with Crippen molar-refractivity contribution in [2.24, 2.45) is 0 Å². The lowest BCUT2D eigenvalue weighted by Gasteiger charge is -2.42. The van der Waals surface area contributed by atoms with Crippen LogP contribution in [0.4, 0.5) is 4.79 Å². The molecule has 0 atom stereocenters. The smallest absolute Gasteiger partial charge is 0.324 e. The van der Waals surface area contributed by atoms with Crippen molar-refractivity contribution in [1.29, 1.82) is 0 Å². The van der Waals surface area contributed by atoms with E-state index in [4.69, 9.17) is 4.74 Å². The number of likely N-dealkylation sites (tertiary alicyclic amines) is 1. The maximum Gasteiger partial charge on any atom is 0.324 e. The summed E-state index contributed by atoms with van der Waals surface area (Å²) in [5.41, 5.74) is 0.969. The Bertz CT molecular complexity index is 609. The molecule has 4 amide bonds. The fourth-order valence-corrected chi connectivity index (χ4v) is 2.58. The molecule has 1 N–H and O–H groups in total. The second kappa shape index (κ2) is 5.67. The van der Waals surface area contributed by atoms with E-state index in [1.165, 1.54) is 4.90 Å². The summed E-state index contributed by atoms with van der Waals surface area (Å²) in [6.07, 6.45) is 0. The number of urea groups is 1. The average Bonchev–Trinajstić information content (AvgIpc) is 2.77. The van der Waals surface area contributed by atoms with Crippen molar-refractivity contribution in [2.75, 3.05) is 26.2 Å². The van der Waals surface area contributed by atoms with Gasteiger partial charge < -0.3 is 15.0 Å². The summed E-state index contributed by atoms with van der Waals surface area (Å²) < 4.78 is 5.51. The molecule has 0 aliphatic carbocycles. The van der Waals surface area contributed by atoms with E-state index in [1.54, 1.807) is 4.90 Å². The van der Waals surface area contributed by atoms with Gasteiger partial charge in [0.15, 0.2) is 6.61 Å². The molecular weight excluding hydrogens is 286 g/mol. The Morgan fingerprint density at radius 1 is 1.32 bits per heavy atom. The molecule has 22 heavy (non-hydrogen) atoms. The van der Waals surface area contributed by atoms with Gasteiger partial charge in [0, 0.05) is 13.1 Å². The molecule has 0 saturated carbocycles. The van der Waals surface area contributed by atoms with E-state index in [9.17, 15) is 14.4 Å². The van der Waals surface area contributed by atoms with Gasteiger partial charge in [-0.2, -0.15) is 0 Å². The minimum Gasteiger partial charge on any atom is -0.484 e. The zero-order valence-corrected chi connectivity index (χ0v) is 12.2. The zero-order valence-electron chi connectivity index (χ0n) is 12.2. The number of carbonyl (C=O) groups is 3. The number of carbonyl (C=O) groups excluding carboxylic acids is 3. The molecular formula is C15H17N3O4. The molecule has 3 rings (SSSR count). The lowest BCUT2D eigenvalue weighted by atomic mass is 10.1. The number of amides is 4. The first-order valence-corrected chi connectivity index (χ1v) is 7.12. The molecule has 7 nitrogen and oxygen atoms in total. The molecule has 2 saturated heterocycles. The van der Waals surface area contributed by atoms with E-state index in [-0.39, 0.29) is 37.0 Å². The number of para-hydroxylation sites is 1. The second-order valence-corrected chi connectivity index (χ2v) is 5.43. The Hall–Kier alpha value is -2.57. The van der Waals surface area contributed by atoms with Crippen molar-refractivity contribution >= 4 is 17.8 Å². The molecule has 2 aliphatic rings. The van der Waals surface area contributed by atoms with Gasteiger partial charge in [-0.15, -0.1) is 0 Å². The van der Waals surface area contributed by atoms with Gasteiger partial charge in [0.25, 0.3) is 5.91 Å². The predicted octanol–water partition coefficient (Wildman–Crippen LogP) is 0.136. The number of imide groups is 1. The highest BCUT2D eigenvalue weighted by Gasteiger charge is 2.42. The fourth-order valence-electron chi connectivity index (χ4n) is 2.58. The number of nitrogens with one attached hydrogen (secondary N) is 1. The molecule has 2 fully saturated rings. The number of nitrogens with zero attached hydrogens (tertiary/aromatic N) is 2. The summed E-state index contributed by atoms with van der Waals surface area (Å²) in [5.74, 6) is 0.298. The van der Waals surface area contributed by atoms with Crippen molar-refractivity contribution in [1.82, 2.24) is 15.1 Å². The van der Waals surface area contributed by atoms with Gasteiger partial charge in [-0.3, -0.25) is 14.5 Å². The topological polar surface area (TPSA) is 79.0 Å². The first kappa shape index (κ1) is 14.4. The van der Waals surface area contributed by atoms with Crippen LogP contribution in [0.25, 0.3) is 0 Å². The van der Waals surface area contributed by atoms with Crippen LogP contribution in [-0.4, -0.2) is 59.9 Å². The Labute approximate surface area is 127 Å². The Morgan fingerprint density at radius 3 is 2.68 bits per heavy atom. The third-order valence-corrected chi connectivity index (χ3v) is 3.90. The average molecular weight is 303 g/mol. The largest absolute Gasteiger partial charge is 0.484 e.